The van der Waals surface area contributed by atoms with E-state index in [9.17, 15) is 8.42 Å². The molecular formula is C18H16Cl3N3O2S. The molecule has 27 heavy (non-hydrogen) atoms. The van der Waals surface area contributed by atoms with Crippen LogP contribution in [0.5, 0.6) is 0 Å². The third-order valence-electron chi connectivity index (χ3n) is 4.63. The van der Waals surface area contributed by atoms with Gasteiger partial charge < -0.3 is 10.2 Å². The molecule has 4 rings (SSSR count). The van der Waals surface area contributed by atoms with Gasteiger partial charge in [0.05, 0.1) is 26.3 Å². The van der Waals surface area contributed by atoms with Gasteiger partial charge in [-0.1, -0.05) is 40.9 Å². The van der Waals surface area contributed by atoms with Crippen molar-refractivity contribution >= 4 is 61.4 Å². The third-order valence-corrected chi connectivity index (χ3v) is 7.58. The lowest BCUT2D eigenvalue weighted by molar-refractivity contribution is 0.589. The molecule has 1 saturated heterocycles. The van der Waals surface area contributed by atoms with E-state index >= 15 is 0 Å². The van der Waals surface area contributed by atoms with Gasteiger partial charge in [-0.25, -0.2) is 12.4 Å². The van der Waals surface area contributed by atoms with Gasteiger partial charge in [0.25, 0.3) is 10.0 Å². The SMILES string of the molecule is O=S(=O)(c1c(Cl)cccc1Cl)n1ccc2c(N3CCNCC3)c(Cl)ccc21. The van der Waals surface area contributed by atoms with Gasteiger partial charge in [-0.05, 0) is 30.3 Å². The molecule has 2 heterocycles. The molecule has 0 saturated carbocycles. The second kappa shape index (κ2) is 7.18. The normalized spacial score (nSPS) is 15.4. The Morgan fingerprint density at radius 2 is 1.56 bits per heavy atom. The second-order valence-corrected chi connectivity index (χ2v) is 9.21. The summed E-state index contributed by atoms with van der Waals surface area (Å²) in [5, 5.41) is 4.84. The smallest absolute Gasteiger partial charge is 0.271 e. The van der Waals surface area contributed by atoms with Gasteiger partial charge in [-0.3, -0.25) is 0 Å². The lowest BCUT2D eigenvalue weighted by atomic mass is 10.2. The van der Waals surface area contributed by atoms with Crippen LogP contribution in [0.15, 0.2) is 47.5 Å². The average Bonchev–Trinajstić information content (AvgIpc) is 3.07. The number of fused-ring (bicyclic) bond motifs is 1. The topological polar surface area (TPSA) is 54.3 Å². The molecule has 1 aliphatic rings. The van der Waals surface area contributed by atoms with Crippen molar-refractivity contribution in [2.24, 2.45) is 0 Å². The Kier molecular flexibility index (Phi) is 5.03. The molecule has 5 nitrogen and oxygen atoms in total. The molecule has 142 valence electrons. The zero-order valence-electron chi connectivity index (χ0n) is 14.1. The number of piperazine rings is 1. The van der Waals surface area contributed by atoms with Gasteiger partial charge in [0, 0.05) is 37.8 Å². The first kappa shape index (κ1) is 18.9. The molecular weight excluding hydrogens is 429 g/mol. The van der Waals surface area contributed by atoms with Crippen LogP contribution in [0.3, 0.4) is 0 Å². The zero-order chi connectivity index (χ0) is 19.2. The fraction of sp³-hybridized carbons (Fsp3) is 0.222. The van der Waals surface area contributed by atoms with Gasteiger partial charge in [0.2, 0.25) is 0 Å². The van der Waals surface area contributed by atoms with Crippen LogP contribution in [0.4, 0.5) is 5.69 Å². The largest absolute Gasteiger partial charge is 0.367 e. The van der Waals surface area contributed by atoms with Gasteiger partial charge in [-0.2, -0.15) is 0 Å². The highest BCUT2D eigenvalue weighted by Gasteiger charge is 2.26. The van der Waals surface area contributed by atoms with Crippen LogP contribution in [0, 0.1) is 0 Å². The second-order valence-electron chi connectivity index (χ2n) is 6.23. The van der Waals surface area contributed by atoms with Crippen molar-refractivity contribution in [1.82, 2.24) is 9.29 Å². The number of anilines is 1. The summed E-state index contributed by atoms with van der Waals surface area (Å²) < 4.78 is 27.7. The molecule has 1 aliphatic heterocycles. The average molecular weight is 445 g/mol. The number of halogens is 3. The zero-order valence-corrected chi connectivity index (χ0v) is 17.2. The van der Waals surface area contributed by atoms with Crippen LogP contribution >= 0.6 is 34.8 Å². The Balaban J connectivity index is 1.92. The number of rotatable bonds is 3. The van der Waals surface area contributed by atoms with Crippen LogP contribution < -0.4 is 10.2 Å². The lowest BCUT2D eigenvalue weighted by Gasteiger charge is -2.30. The monoisotopic (exact) mass is 443 g/mol. The Labute approximate surface area is 172 Å². The maximum atomic E-state index is 13.3. The van der Waals surface area contributed by atoms with Crippen molar-refractivity contribution in [3.8, 4) is 0 Å². The fourth-order valence-corrected chi connectivity index (χ4v) is 6.13. The molecule has 0 radical (unpaired) electrons. The van der Waals surface area contributed by atoms with E-state index in [0.29, 0.717) is 10.5 Å². The van der Waals surface area contributed by atoms with E-state index in [4.69, 9.17) is 34.8 Å². The Bertz CT molecular complexity index is 1100. The van der Waals surface area contributed by atoms with E-state index in [2.05, 4.69) is 10.2 Å². The van der Waals surface area contributed by atoms with E-state index in [-0.39, 0.29) is 14.9 Å². The molecule has 1 fully saturated rings. The highest BCUT2D eigenvalue weighted by Crippen LogP contribution is 2.38. The summed E-state index contributed by atoms with van der Waals surface area (Å²) in [7, 11) is -3.97. The fourth-order valence-electron chi connectivity index (χ4n) is 3.40. The number of hydrogen-bond acceptors (Lipinski definition) is 4. The molecule has 3 aromatic rings. The Morgan fingerprint density at radius 3 is 2.22 bits per heavy atom. The maximum absolute atomic E-state index is 13.3. The number of benzene rings is 2. The Hall–Kier alpha value is -1.44. The summed E-state index contributed by atoms with van der Waals surface area (Å²) in [5.41, 5.74) is 1.37. The third kappa shape index (κ3) is 3.19. The van der Waals surface area contributed by atoms with Crippen LogP contribution in [0.2, 0.25) is 15.1 Å². The minimum absolute atomic E-state index is 0.0839. The first-order valence-corrected chi connectivity index (χ1v) is 10.9. The molecule has 0 atom stereocenters. The summed E-state index contributed by atoms with van der Waals surface area (Å²) in [6.45, 7) is 3.29. The van der Waals surface area contributed by atoms with E-state index < -0.39 is 10.0 Å². The van der Waals surface area contributed by atoms with Crippen LogP contribution in [-0.4, -0.2) is 38.6 Å². The molecule has 0 unspecified atom stereocenters. The first-order chi connectivity index (χ1) is 12.9. The van der Waals surface area contributed by atoms with Crippen LogP contribution in [0.1, 0.15) is 0 Å². The van der Waals surface area contributed by atoms with Crippen molar-refractivity contribution in [1.29, 1.82) is 0 Å². The van der Waals surface area contributed by atoms with Crippen molar-refractivity contribution in [3.05, 3.63) is 57.7 Å². The number of nitrogens with one attached hydrogen (secondary N) is 1. The Morgan fingerprint density at radius 1 is 0.889 bits per heavy atom. The van der Waals surface area contributed by atoms with E-state index in [1.165, 1.54) is 22.3 Å². The lowest BCUT2D eigenvalue weighted by Crippen LogP contribution is -2.43. The highest BCUT2D eigenvalue weighted by molar-refractivity contribution is 7.90. The van der Waals surface area contributed by atoms with Crippen LogP contribution in [-0.2, 0) is 10.0 Å². The minimum Gasteiger partial charge on any atom is -0.367 e. The van der Waals surface area contributed by atoms with Crippen molar-refractivity contribution < 1.29 is 8.42 Å². The molecule has 0 bridgehead atoms. The summed E-state index contributed by atoms with van der Waals surface area (Å²) in [4.78, 5) is 2.06. The maximum Gasteiger partial charge on any atom is 0.271 e. The number of hydrogen-bond donors (Lipinski definition) is 1. The van der Waals surface area contributed by atoms with Gasteiger partial charge in [0.1, 0.15) is 4.90 Å². The number of nitrogens with zero attached hydrogens (tertiary/aromatic N) is 2. The van der Waals surface area contributed by atoms with E-state index in [1.807, 2.05) is 0 Å². The van der Waals surface area contributed by atoms with Crippen molar-refractivity contribution in [3.63, 3.8) is 0 Å². The molecule has 1 N–H and O–H groups in total. The highest BCUT2D eigenvalue weighted by atomic mass is 35.5. The van der Waals surface area contributed by atoms with Gasteiger partial charge >= 0.3 is 0 Å². The van der Waals surface area contributed by atoms with Crippen molar-refractivity contribution in [2.45, 2.75) is 4.90 Å². The minimum atomic E-state index is -3.97. The summed E-state index contributed by atoms with van der Waals surface area (Å²) in [6.07, 6.45) is 1.52. The molecule has 0 aliphatic carbocycles. The predicted octanol–water partition coefficient (Wildman–Crippen LogP) is 4.25. The van der Waals surface area contributed by atoms with Gasteiger partial charge in [0.15, 0.2) is 0 Å². The first-order valence-electron chi connectivity index (χ1n) is 8.36. The summed E-state index contributed by atoms with van der Waals surface area (Å²) in [5.74, 6) is 0. The van der Waals surface area contributed by atoms with E-state index in [0.717, 1.165) is 37.3 Å². The van der Waals surface area contributed by atoms with Crippen molar-refractivity contribution in [2.75, 3.05) is 31.1 Å². The number of aromatic nitrogens is 1. The molecule has 2 aromatic carbocycles. The summed E-state index contributed by atoms with van der Waals surface area (Å²) in [6, 6.07) is 9.82. The summed E-state index contributed by atoms with van der Waals surface area (Å²) >= 11 is 18.8. The van der Waals surface area contributed by atoms with Crippen LogP contribution in [0.25, 0.3) is 10.9 Å². The molecule has 9 heteroatoms. The molecule has 0 spiro atoms. The molecule has 0 amide bonds. The quantitative estimate of drug-likeness (QED) is 0.656. The predicted molar refractivity (Wildman–Crippen MR) is 111 cm³/mol. The molecule has 1 aromatic heterocycles. The standard InChI is InChI=1S/C18H16Cl3N3O2S/c19-13-4-5-16-12(17(13)23-10-7-22-8-11-23)6-9-24(16)27(25,26)18-14(20)2-1-3-15(18)21/h1-6,9,22H,7-8,10-11H2. The van der Waals surface area contributed by atoms with E-state index in [1.54, 1.807) is 24.3 Å². The van der Waals surface area contributed by atoms with Gasteiger partial charge in [-0.15, -0.1) is 0 Å².